The molecule has 2 aromatic heterocycles. The zero-order chi connectivity index (χ0) is 25.7. The molecule has 36 heavy (non-hydrogen) atoms. The third-order valence-corrected chi connectivity index (χ3v) is 5.92. The maximum atomic E-state index is 10.8. The highest BCUT2D eigenvalue weighted by atomic mass is 16.5. The van der Waals surface area contributed by atoms with Crippen LogP contribution in [0.15, 0.2) is 60.9 Å². The first kappa shape index (κ1) is 25.1. The van der Waals surface area contributed by atoms with Crippen LogP contribution in [0, 0.1) is 0 Å². The monoisotopic (exact) mass is 488 g/mol. The zero-order valence-corrected chi connectivity index (χ0v) is 21.0. The Morgan fingerprint density at radius 1 is 0.972 bits per heavy atom. The summed E-state index contributed by atoms with van der Waals surface area (Å²) in [6.45, 7) is 7.89. The molecule has 8 nitrogen and oxygen atoms in total. The number of phenols is 2. The number of phenolic OH excluding ortho intramolecular Hbond substituents is 2. The summed E-state index contributed by atoms with van der Waals surface area (Å²) >= 11 is 0. The van der Waals surface area contributed by atoms with Crippen molar-refractivity contribution in [2.24, 2.45) is 0 Å². The highest BCUT2D eigenvalue weighted by molar-refractivity contribution is 5.74. The molecule has 0 spiro atoms. The number of hydrogen-bond acceptors (Lipinski definition) is 7. The minimum Gasteiger partial charge on any atom is -0.508 e. The Bertz CT molecular complexity index is 1300. The Morgan fingerprint density at radius 3 is 2.39 bits per heavy atom. The fraction of sp³-hybridized carbons (Fsp3) is 0.286. The molecule has 2 heterocycles. The molecule has 0 atom stereocenters. The van der Waals surface area contributed by atoms with Crippen LogP contribution < -0.4 is 10.1 Å². The molecule has 0 bridgehead atoms. The fourth-order valence-electron chi connectivity index (χ4n) is 4.02. The van der Waals surface area contributed by atoms with Gasteiger partial charge in [-0.05, 0) is 60.9 Å². The van der Waals surface area contributed by atoms with Gasteiger partial charge in [-0.3, -0.25) is 4.57 Å². The van der Waals surface area contributed by atoms with Gasteiger partial charge in [0, 0.05) is 24.8 Å². The van der Waals surface area contributed by atoms with E-state index < -0.39 is 0 Å². The van der Waals surface area contributed by atoms with E-state index in [-0.39, 0.29) is 17.4 Å². The SMILES string of the molecule is CCOCCNc1ccc(-n2c(-c3ccc(OC)cc3)cnc2-c2cc(C(C)C)c(O)cc2O)cn1. The summed E-state index contributed by atoms with van der Waals surface area (Å²) in [6.07, 6.45) is 3.54. The third-order valence-electron chi connectivity index (χ3n) is 5.92. The fourth-order valence-corrected chi connectivity index (χ4v) is 4.02. The molecule has 0 fully saturated rings. The normalized spacial score (nSPS) is 11.1. The van der Waals surface area contributed by atoms with Crippen molar-refractivity contribution in [3.63, 3.8) is 0 Å². The molecule has 0 aliphatic heterocycles. The van der Waals surface area contributed by atoms with Crippen molar-refractivity contribution < 1.29 is 19.7 Å². The first-order valence-corrected chi connectivity index (χ1v) is 12.0. The van der Waals surface area contributed by atoms with Crippen molar-refractivity contribution in [2.75, 3.05) is 32.2 Å². The van der Waals surface area contributed by atoms with Crippen molar-refractivity contribution in [3.05, 3.63) is 66.5 Å². The minimum absolute atomic E-state index is 0.0489. The number of benzene rings is 2. The number of ether oxygens (including phenoxy) is 2. The zero-order valence-electron chi connectivity index (χ0n) is 21.0. The Morgan fingerprint density at radius 2 is 1.75 bits per heavy atom. The topological polar surface area (TPSA) is 102 Å². The van der Waals surface area contributed by atoms with E-state index >= 15 is 0 Å². The Labute approximate surface area is 211 Å². The molecule has 188 valence electrons. The van der Waals surface area contributed by atoms with Crippen LogP contribution >= 0.6 is 0 Å². The lowest BCUT2D eigenvalue weighted by Crippen LogP contribution is -2.10. The van der Waals surface area contributed by atoms with Gasteiger partial charge in [0.15, 0.2) is 0 Å². The summed E-state index contributed by atoms with van der Waals surface area (Å²) in [4.78, 5) is 9.27. The van der Waals surface area contributed by atoms with Crippen LogP contribution in [0.3, 0.4) is 0 Å². The van der Waals surface area contributed by atoms with Crippen LogP contribution in [0.1, 0.15) is 32.3 Å². The minimum atomic E-state index is -0.0489. The standard InChI is InChI=1S/C28H32N4O4/c1-5-36-13-12-29-27-11-8-20(16-30-27)32-24(19-6-9-21(35-4)10-7-19)17-31-28(32)23-14-22(18(2)3)25(33)15-26(23)34/h6-11,14-18,33-34H,5,12-13H2,1-4H3,(H,29,30). The van der Waals surface area contributed by atoms with Crippen LogP contribution in [-0.4, -0.2) is 51.6 Å². The maximum absolute atomic E-state index is 10.8. The second-order valence-electron chi connectivity index (χ2n) is 8.64. The lowest BCUT2D eigenvalue weighted by molar-refractivity contribution is 0.158. The summed E-state index contributed by atoms with van der Waals surface area (Å²) in [7, 11) is 1.63. The van der Waals surface area contributed by atoms with Gasteiger partial charge in [0.25, 0.3) is 0 Å². The number of aromatic nitrogens is 3. The first-order valence-electron chi connectivity index (χ1n) is 12.0. The van der Waals surface area contributed by atoms with Gasteiger partial charge in [0.2, 0.25) is 0 Å². The van der Waals surface area contributed by atoms with Crippen molar-refractivity contribution in [1.29, 1.82) is 0 Å². The highest BCUT2D eigenvalue weighted by Gasteiger charge is 2.21. The van der Waals surface area contributed by atoms with E-state index in [1.165, 1.54) is 6.07 Å². The average Bonchev–Trinajstić information content (AvgIpc) is 3.31. The van der Waals surface area contributed by atoms with Gasteiger partial charge < -0.3 is 25.0 Å². The molecule has 0 aliphatic carbocycles. The van der Waals surface area contributed by atoms with Crippen molar-refractivity contribution in [2.45, 2.75) is 26.7 Å². The second kappa shape index (κ2) is 11.1. The van der Waals surface area contributed by atoms with E-state index in [1.54, 1.807) is 25.6 Å². The van der Waals surface area contributed by atoms with Gasteiger partial charge in [0.05, 0.1) is 43.1 Å². The predicted molar refractivity (Wildman–Crippen MR) is 141 cm³/mol. The molecule has 0 aliphatic rings. The molecular formula is C28H32N4O4. The molecule has 0 radical (unpaired) electrons. The summed E-state index contributed by atoms with van der Waals surface area (Å²) < 4.78 is 12.6. The number of nitrogens with zero attached hydrogens (tertiary/aromatic N) is 3. The third kappa shape index (κ3) is 5.28. The summed E-state index contributed by atoms with van der Waals surface area (Å²) in [6, 6.07) is 14.7. The average molecular weight is 489 g/mol. The number of aromatic hydroxyl groups is 2. The maximum Gasteiger partial charge on any atom is 0.148 e. The first-order chi connectivity index (χ1) is 17.4. The number of nitrogens with one attached hydrogen (secondary N) is 1. The molecule has 4 aromatic rings. The smallest absolute Gasteiger partial charge is 0.148 e. The number of rotatable bonds is 10. The van der Waals surface area contributed by atoms with E-state index in [1.807, 2.05) is 61.7 Å². The number of anilines is 1. The van der Waals surface area contributed by atoms with E-state index in [0.717, 1.165) is 34.1 Å². The molecule has 0 saturated heterocycles. The van der Waals surface area contributed by atoms with E-state index in [0.29, 0.717) is 31.1 Å². The van der Waals surface area contributed by atoms with E-state index in [2.05, 4.69) is 10.3 Å². The molecule has 4 rings (SSSR count). The molecule has 3 N–H and O–H groups in total. The van der Waals surface area contributed by atoms with Gasteiger partial charge in [-0.2, -0.15) is 0 Å². The van der Waals surface area contributed by atoms with E-state index in [4.69, 9.17) is 14.5 Å². The molecule has 2 aromatic carbocycles. The summed E-state index contributed by atoms with van der Waals surface area (Å²) in [5.41, 5.74) is 3.79. The van der Waals surface area contributed by atoms with Crippen LogP contribution in [0.4, 0.5) is 5.82 Å². The Balaban J connectivity index is 1.81. The van der Waals surface area contributed by atoms with Gasteiger partial charge >= 0.3 is 0 Å². The van der Waals surface area contributed by atoms with Crippen LogP contribution in [-0.2, 0) is 4.74 Å². The van der Waals surface area contributed by atoms with Gasteiger partial charge in [-0.15, -0.1) is 0 Å². The van der Waals surface area contributed by atoms with Crippen molar-refractivity contribution in [3.8, 4) is 45.6 Å². The Kier molecular flexibility index (Phi) is 7.75. The largest absolute Gasteiger partial charge is 0.508 e. The number of imidazole rings is 1. The van der Waals surface area contributed by atoms with Gasteiger partial charge in [-0.25, -0.2) is 9.97 Å². The molecule has 0 amide bonds. The quantitative estimate of drug-likeness (QED) is 0.250. The van der Waals surface area contributed by atoms with Gasteiger partial charge in [0.1, 0.15) is 28.9 Å². The number of hydrogen-bond donors (Lipinski definition) is 3. The molecular weight excluding hydrogens is 456 g/mol. The summed E-state index contributed by atoms with van der Waals surface area (Å²) in [5.74, 6) is 2.11. The number of pyridine rings is 1. The lowest BCUT2D eigenvalue weighted by Gasteiger charge is -2.16. The van der Waals surface area contributed by atoms with Crippen LogP contribution in [0.2, 0.25) is 0 Å². The second-order valence-corrected chi connectivity index (χ2v) is 8.64. The lowest BCUT2D eigenvalue weighted by atomic mass is 9.98. The Hall–Kier alpha value is -4.04. The van der Waals surface area contributed by atoms with E-state index in [9.17, 15) is 10.2 Å². The highest BCUT2D eigenvalue weighted by Crippen LogP contribution is 2.40. The number of methoxy groups -OCH3 is 1. The molecule has 0 saturated carbocycles. The predicted octanol–water partition coefficient (Wildman–Crippen LogP) is 5.59. The summed E-state index contributed by atoms with van der Waals surface area (Å²) in [5, 5.41) is 24.4. The van der Waals surface area contributed by atoms with Crippen molar-refractivity contribution >= 4 is 5.82 Å². The van der Waals surface area contributed by atoms with Crippen molar-refractivity contribution in [1.82, 2.24) is 14.5 Å². The molecule has 0 unspecified atom stereocenters. The molecule has 8 heteroatoms. The van der Waals surface area contributed by atoms with Gasteiger partial charge in [-0.1, -0.05) is 13.8 Å². The van der Waals surface area contributed by atoms with Crippen LogP contribution in [0.25, 0.3) is 28.3 Å². The van der Waals surface area contributed by atoms with Crippen LogP contribution in [0.5, 0.6) is 17.2 Å².